The molecular formula is C12H9ClN2O5. The molecule has 20 heavy (non-hydrogen) atoms. The summed E-state index contributed by atoms with van der Waals surface area (Å²) in [5, 5.41) is 10.9. The number of ether oxygens (including phenoxy) is 2. The zero-order chi connectivity index (χ0) is 14.7. The van der Waals surface area contributed by atoms with Crippen LogP contribution in [0.1, 0.15) is 12.5 Å². The first-order chi connectivity index (χ1) is 9.51. The lowest BCUT2D eigenvalue weighted by atomic mass is 10.2. The Labute approximate surface area is 118 Å². The number of hydrogen-bond acceptors (Lipinski definition) is 6. The van der Waals surface area contributed by atoms with Crippen molar-refractivity contribution in [1.29, 1.82) is 0 Å². The number of rotatable bonds is 4. The molecule has 0 amide bonds. The van der Waals surface area contributed by atoms with Crippen molar-refractivity contribution in [2.75, 3.05) is 6.61 Å². The van der Waals surface area contributed by atoms with Gasteiger partial charge < -0.3 is 9.47 Å². The molecule has 8 heteroatoms. The average Bonchev–Trinajstić information content (AvgIpc) is 2.77. The third-order valence-electron chi connectivity index (χ3n) is 2.32. The Morgan fingerprint density at radius 2 is 2.25 bits per heavy atom. The molecule has 0 N–H and O–H groups in total. The van der Waals surface area contributed by atoms with Gasteiger partial charge in [-0.15, -0.1) is 0 Å². The van der Waals surface area contributed by atoms with Crippen LogP contribution in [0.5, 0.6) is 0 Å². The van der Waals surface area contributed by atoms with E-state index < -0.39 is 10.9 Å². The van der Waals surface area contributed by atoms with Gasteiger partial charge in [-0.25, -0.2) is 9.79 Å². The molecule has 0 aromatic heterocycles. The van der Waals surface area contributed by atoms with Crippen molar-refractivity contribution in [1.82, 2.24) is 0 Å². The van der Waals surface area contributed by atoms with Crippen molar-refractivity contribution in [3.63, 3.8) is 0 Å². The summed E-state index contributed by atoms with van der Waals surface area (Å²) in [4.78, 5) is 25.6. The van der Waals surface area contributed by atoms with E-state index in [4.69, 9.17) is 21.1 Å². The summed E-state index contributed by atoms with van der Waals surface area (Å²) >= 11 is 5.79. The Morgan fingerprint density at radius 3 is 2.90 bits per heavy atom. The predicted molar refractivity (Wildman–Crippen MR) is 70.4 cm³/mol. The van der Waals surface area contributed by atoms with Gasteiger partial charge in [0.15, 0.2) is 5.70 Å². The van der Waals surface area contributed by atoms with Crippen molar-refractivity contribution in [2.24, 2.45) is 4.99 Å². The van der Waals surface area contributed by atoms with E-state index in [-0.39, 0.29) is 27.9 Å². The first-order valence-electron chi connectivity index (χ1n) is 5.59. The lowest BCUT2D eigenvalue weighted by Gasteiger charge is -2.00. The number of carbonyl (C=O) groups is 1. The number of non-ortho nitro benzene ring substituents is 1. The molecule has 0 saturated heterocycles. The molecule has 0 fully saturated rings. The fourth-order valence-electron chi connectivity index (χ4n) is 1.48. The van der Waals surface area contributed by atoms with Crippen LogP contribution in [-0.4, -0.2) is 23.4 Å². The van der Waals surface area contributed by atoms with Gasteiger partial charge >= 0.3 is 5.97 Å². The molecule has 104 valence electrons. The van der Waals surface area contributed by atoms with Crippen molar-refractivity contribution in [3.8, 4) is 0 Å². The average molecular weight is 297 g/mol. The van der Waals surface area contributed by atoms with Crippen LogP contribution in [0.3, 0.4) is 0 Å². The van der Waals surface area contributed by atoms with Crippen molar-refractivity contribution in [2.45, 2.75) is 6.92 Å². The molecule has 0 atom stereocenters. The SMILES string of the molecule is CCO/C=C1\N=C(c2cc(Cl)cc([N+](=O)[O-])c2)OC1=O. The van der Waals surface area contributed by atoms with E-state index in [1.165, 1.54) is 24.5 Å². The van der Waals surface area contributed by atoms with Gasteiger partial charge in [0, 0.05) is 22.7 Å². The standard InChI is InChI=1S/C12H9ClN2O5/c1-2-19-6-10-12(16)20-11(14-10)7-3-8(13)5-9(4-7)15(17)18/h3-6H,2H2,1H3/b10-6-. The minimum absolute atomic E-state index is 0.00974. The number of benzene rings is 1. The quantitative estimate of drug-likeness (QED) is 0.280. The van der Waals surface area contributed by atoms with Crippen LogP contribution in [-0.2, 0) is 14.3 Å². The van der Waals surface area contributed by atoms with Gasteiger partial charge in [0.2, 0.25) is 5.90 Å². The van der Waals surface area contributed by atoms with Crippen LogP contribution in [0.4, 0.5) is 5.69 Å². The van der Waals surface area contributed by atoms with Gasteiger partial charge in [-0.2, -0.15) is 0 Å². The number of esters is 1. The topological polar surface area (TPSA) is 91.0 Å². The van der Waals surface area contributed by atoms with Crippen molar-refractivity contribution >= 4 is 29.2 Å². The molecule has 0 aliphatic carbocycles. The summed E-state index contributed by atoms with van der Waals surface area (Å²) in [7, 11) is 0. The third kappa shape index (κ3) is 2.94. The minimum Gasteiger partial charge on any atom is -0.499 e. The zero-order valence-electron chi connectivity index (χ0n) is 10.3. The molecule has 0 unspecified atom stereocenters. The maximum absolute atomic E-state index is 11.5. The highest BCUT2D eigenvalue weighted by molar-refractivity contribution is 6.31. The van der Waals surface area contributed by atoms with Crippen LogP contribution in [0.25, 0.3) is 0 Å². The van der Waals surface area contributed by atoms with Crippen LogP contribution in [0.15, 0.2) is 35.2 Å². The molecule has 1 aromatic carbocycles. The normalized spacial score (nSPS) is 16.0. The fraction of sp³-hybridized carbons (Fsp3) is 0.167. The molecule has 7 nitrogen and oxygen atoms in total. The first-order valence-corrected chi connectivity index (χ1v) is 5.97. The van der Waals surface area contributed by atoms with Crippen LogP contribution >= 0.6 is 11.6 Å². The third-order valence-corrected chi connectivity index (χ3v) is 2.54. The van der Waals surface area contributed by atoms with Gasteiger partial charge in [-0.1, -0.05) is 11.6 Å². The molecule has 1 aliphatic rings. The number of hydrogen-bond donors (Lipinski definition) is 0. The number of nitro benzene ring substituents is 1. The highest BCUT2D eigenvalue weighted by Gasteiger charge is 2.26. The Bertz CT molecular complexity index is 639. The molecular weight excluding hydrogens is 288 g/mol. The lowest BCUT2D eigenvalue weighted by molar-refractivity contribution is -0.384. The van der Waals surface area contributed by atoms with Gasteiger partial charge in [0.25, 0.3) is 5.69 Å². The fourth-order valence-corrected chi connectivity index (χ4v) is 1.71. The summed E-state index contributed by atoms with van der Waals surface area (Å²) < 4.78 is 9.88. The molecule has 0 spiro atoms. The monoisotopic (exact) mass is 296 g/mol. The van der Waals surface area contributed by atoms with Crippen LogP contribution < -0.4 is 0 Å². The molecule has 1 aromatic rings. The van der Waals surface area contributed by atoms with E-state index in [1.54, 1.807) is 6.92 Å². The second kappa shape index (κ2) is 5.70. The Morgan fingerprint density at radius 1 is 1.50 bits per heavy atom. The van der Waals surface area contributed by atoms with Crippen LogP contribution in [0.2, 0.25) is 5.02 Å². The van der Waals surface area contributed by atoms with Crippen molar-refractivity contribution < 1.29 is 19.2 Å². The van der Waals surface area contributed by atoms with Gasteiger partial charge in [-0.3, -0.25) is 10.1 Å². The summed E-state index contributed by atoms with van der Waals surface area (Å²) in [6.07, 6.45) is 1.17. The van der Waals surface area contributed by atoms with E-state index in [9.17, 15) is 14.9 Å². The Hall–Kier alpha value is -2.41. The summed E-state index contributed by atoms with van der Waals surface area (Å²) in [6.45, 7) is 2.13. The number of carbonyl (C=O) groups excluding carboxylic acids is 1. The summed E-state index contributed by atoms with van der Waals surface area (Å²) in [6, 6.07) is 3.84. The first kappa shape index (κ1) is 14.0. The highest BCUT2D eigenvalue weighted by atomic mass is 35.5. The molecule has 0 radical (unpaired) electrons. The molecule has 1 aliphatic heterocycles. The van der Waals surface area contributed by atoms with E-state index >= 15 is 0 Å². The minimum atomic E-state index is -0.684. The molecule has 1 heterocycles. The second-order valence-electron chi connectivity index (χ2n) is 3.72. The Kier molecular flexibility index (Phi) is 3.99. The second-order valence-corrected chi connectivity index (χ2v) is 4.16. The molecule has 0 saturated carbocycles. The summed E-state index contributed by atoms with van der Waals surface area (Å²) in [5.41, 5.74) is 0.0235. The zero-order valence-corrected chi connectivity index (χ0v) is 11.1. The van der Waals surface area contributed by atoms with Gasteiger partial charge in [-0.05, 0) is 13.0 Å². The Balaban J connectivity index is 2.37. The number of aliphatic imine (C=N–C) groups is 1. The summed E-state index contributed by atoms with van der Waals surface area (Å²) in [5.74, 6) is -0.734. The predicted octanol–water partition coefficient (Wildman–Crippen LogP) is 2.43. The maximum atomic E-state index is 11.5. The molecule has 2 rings (SSSR count). The van der Waals surface area contributed by atoms with Crippen molar-refractivity contribution in [3.05, 3.63) is 50.9 Å². The van der Waals surface area contributed by atoms with Gasteiger partial charge in [0.05, 0.1) is 11.5 Å². The maximum Gasteiger partial charge on any atom is 0.367 e. The number of cyclic esters (lactones) is 1. The van der Waals surface area contributed by atoms with E-state index in [0.717, 1.165) is 0 Å². The number of halogens is 1. The van der Waals surface area contributed by atoms with E-state index in [1.807, 2.05) is 0 Å². The van der Waals surface area contributed by atoms with E-state index in [0.29, 0.717) is 6.61 Å². The van der Waals surface area contributed by atoms with E-state index in [2.05, 4.69) is 4.99 Å². The van der Waals surface area contributed by atoms with Gasteiger partial charge in [0.1, 0.15) is 6.26 Å². The number of nitrogens with zero attached hydrogens (tertiary/aromatic N) is 2. The number of nitro groups is 1. The van der Waals surface area contributed by atoms with Crippen LogP contribution in [0, 0.1) is 10.1 Å². The smallest absolute Gasteiger partial charge is 0.367 e. The highest BCUT2D eigenvalue weighted by Crippen LogP contribution is 2.24. The molecule has 0 bridgehead atoms. The largest absolute Gasteiger partial charge is 0.499 e. The lowest BCUT2D eigenvalue weighted by Crippen LogP contribution is -2.06.